The standard InChI is InChI=1S/C15H20N2S/c1-5-14-16-8-13(18-14)9-17-15-11(3)6-10(2)7-12(15)4/h6-8,17H,5,9H2,1-4H3. The topological polar surface area (TPSA) is 24.9 Å². The average Bonchev–Trinajstić information content (AvgIpc) is 2.75. The van der Waals surface area contributed by atoms with E-state index in [-0.39, 0.29) is 0 Å². The van der Waals surface area contributed by atoms with Crippen LogP contribution in [0.15, 0.2) is 18.3 Å². The van der Waals surface area contributed by atoms with Gasteiger partial charge in [0.1, 0.15) is 0 Å². The highest BCUT2D eigenvalue weighted by Gasteiger charge is 2.05. The fourth-order valence-electron chi connectivity index (χ4n) is 2.23. The number of benzene rings is 1. The molecule has 0 saturated carbocycles. The van der Waals surface area contributed by atoms with Gasteiger partial charge in [-0.1, -0.05) is 24.6 Å². The lowest BCUT2D eigenvalue weighted by molar-refractivity contribution is 1.08. The molecular weight excluding hydrogens is 240 g/mol. The average molecular weight is 260 g/mol. The molecule has 1 N–H and O–H groups in total. The second kappa shape index (κ2) is 5.53. The van der Waals surface area contributed by atoms with Gasteiger partial charge in [-0.2, -0.15) is 0 Å². The normalized spacial score (nSPS) is 10.7. The Morgan fingerprint density at radius 3 is 2.39 bits per heavy atom. The van der Waals surface area contributed by atoms with Gasteiger partial charge in [0.05, 0.1) is 11.6 Å². The van der Waals surface area contributed by atoms with E-state index in [1.807, 2.05) is 6.20 Å². The van der Waals surface area contributed by atoms with Gasteiger partial charge in [0.2, 0.25) is 0 Å². The van der Waals surface area contributed by atoms with Crippen molar-refractivity contribution < 1.29 is 0 Å². The van der Waals surface area contributed by atoms with Crippen LogP contribution in [-0.2, 0) is 13.0 Å². The largest absolute Gasteiger partial charge is 0.380 e. The van der Waals surface area contributed by atoms with Gasteiger partial charge in [0.25, 0.3) is 0 Å². The van der Waals surface area contributed by atoms with Crippen molar-refractivity contribution in [2.75, 3.05) is 5.32 Å². The molecule has 0 unspecified atom stereocenters. The van der Waals surface area contributed by atoms with Crippen LogP contribution in [0.2, 0.25) is 0 Å². The third-order valence-corrected chi connectivity index (χ3v) is 4.16. The fourth-order valence-corrected chi connectivity index (χ4v) is 3.03. The Labute approximate surface area is 113 Å². The van der Waals surface area contributed by atoms with Crippen LogP contribution >= 0.6 is 11.3 Å². The number of aromatic nitrogens is 1. The molecule has 0 aliphatic heterocycles. The van der Waals surface area contributed by atoms with Crippen LogP contribution in [0.5, 0.6) is 0 Å². The van der Waals surface area contributed by atoms with Gasteiger partial charge in [-0.3, -0.25) is 0 Å². The molecule has 2 aromatic rings. The van der Waals surface area contributed by atoms with Gasteiger partial charge in [0, 0.05) is 16.8 Å². The molecule has 96 valence electrons. The molecule has 1 heterocycles. The minimum absolute atomic E-state index is 0.863. The maximum absolute atomic E-state index is 4.38. The third kappa shape index (κ3) is 2.91. The molecule has 0 radical (unpaired) electrons. The van der Waals surface area contributed by atoms with Gasteiger partial charge in [-0.25, -0.2) is 4.98 Å². The van der Waals surface area contributed by atoms with Gasteiger partial charge in [-0.15, -0.1) is 11.3 Å². The van der Waals surface area contributed by atoms with Gasteiger partial charge in [0.15, 0.2) is 0 Å². The number of nitrogens with one attached hydrogen (secondary N) is 1. The van der Waals surface area contributed by atoms with E-state index in [0.717, 1.165) is 13.0 Å². The van der Waals surface area contributed by atoms with Crippen molar-refractivity contribution in [1.82, 2.24) is 4.98 Å². The Morgan fingerprint density at radius 2 is 1.83 bits per heavy atom. The summed E-state index contributed by atoms with van der Waals surface area (Å²) in [7, 11) is 0. The lowest BCUT2D eigenvalue weighted by atomic mass is 10.1. The zero-order chi connectivity index (χ0) is 13.1. The Kier molecular flexibility index (Phi) is 4.02. The lowest BCUT2D eigenvalue weighted by Gasteiger charge is -2.13. The predicted molar refractivity (Wildman–Crippen MR) is 79.5 cm³/mol. The molecule has 0 aliphatic rings. The zero-order valence-corrected chi connectivity index (χ0v) is 12.3. The minimum Gasteiger partial charge on any atom is -0.380 e. The Morgan fingerprint density at radius 1 is 1.17 bits per heavy atom. The van der Waals surface area contributed by atoms with Crippen LogP contribution in [0.3, 0.4) is 0 Å². The first-order chi connectivity index (χ1) is 8.60. The van der Waals surface area contributed by atoms with Crippen LogP contribution < -0.4 is 5.32 Å². The first-order valence-electron chi connectivity index (χ1n) is 6.35. The summed E-state index contributed by atoms with van der Waals surface area (Å²) in [4.78, 5) is 5.68. The molecule has 3 heteroatoms. The summed E-state index contributed by atoms with van der Waals surface area (Å²) >= 11 is 1.79. The summed E-state index contributed by atoms with van der Waals surface area (Å²) in [6.45, 7) is 9.46. The van der Waals surface area contributed by atoms with Crippen molar-refractivity contribution in [2.24, 2.45) is 0 Å². The van der Waals surface area contributed by atoms with Crippen LogP contribution in [0.1, 0.15) is 33.5 Å². The van der Waals surface area contributed by atoms with Crippen LogP contribution in [0.4, 0.5) is 5.69 Å². The van der Waals surface area contributed by atoms with E-state index in [9.17, 15) is 0 Å². The highest BCUT2D eigenvalue weighted by molar-refractivity contribution is 7.11. The Hall–Kier alpha value is -1.35. The first kappa shape index (κ1) is 13.1. The molecule has 18 heavy (non-hydrogen) atoms. The number of hydrogen-bond acceptors (Lipinski definition) is 3. The lowest BCUT2D eigenvalue weighted by Crippen LogP contribution is -2.02. The molecule has 0 fully saturated rings. The summed E-state index contributed by atoms with van der Waals surface area (Å²) in [6.07, 6.45) is 3.00. The SMILES string of the molecule is CCc1ncc(CNc2c(C)cc(C)cc2C)s1. The molecule has 0 aliphatic carbocycles. The van der Waals surface area contributed by atoms with Crippen LogP contribution in [0.25, 0.3) is 0 Å². The number of rotatable bonds is 4. The summed E-state index contributed by atoms with van der Waals surface area (Å²) in [5.41, 5.74) is 5.20. The number of nitrogens with zero attached hydrogens (tertiary/aromatic N) is 1. The number of anilines is 1. The van der Waals surface area contributed by atoms with E-state index >= 15 is 0 Å². The monoisotopic (exact) mass is 260 g/mol. The highest BCUT2D eigenvalue weighted by atomic mass is 32.1. The Balaban J connectivity index is 2.10. The molecule has 1 aromatic carbocycles. The second-order valence-electron chi connectivity index (χ2n) is 4.70. The van der Waals surface area contributed by atoms with E-state index in [1.54, 1.807) is 11.3 Å². The number of hydrogen-bond donors (Lipinski definition) is 1. The maximum atomic E-state index is 4.38. The maximum Gasteiger partial charge on any atom is 0.0925 e. The molecule has 2 rings (SSSR count). The fraction of sp³-hybridized carbons (Fsp3) is 0.400. The summed E-state index contributed by atoms with van der Waals surface area (Å²) in [5, 5.41) is 4.74. The summed E-state index contributed by atoms with van der Waals surface area (Å²) in [5.74, 6) is 0. The van der Waals surface area contributed by atoms with Crippen molar-refractivity contribution in [3.8, 4) is 0 Å². The van der Waals surface area contributed by atoms with E-state index < -0.39 is 0 Å². The second-order valence-corrected chi connectivity index (χ2v) is 5.90. The van der Waals surface area contributed by atoms with Gasteiger partial charge < -0.3 is 5.32 Å². The molecule has 0 atom stereocenters. The van der Waals surface area contributed by atoms with Crippen molar-refractivity contribution >= 4 is 17.0 Å². The van der Waals surface area contributed by atoms with Gasteiger partial charge in [-0.05, 0) is 38.3 Å². The smallest absolute Gasteiger partial charge is 0.0925 e. The van der Waals surface area contributed by atoms with Crippen molar-refractivity contribution in [1.29, 1.82) is 0 Å². The van der Waals surface area contributed by atoms with Crippen LogP contribution in [0, 0.1) is 20.8 Å². The van der Waals surface area contributed by atoms with E-state index in [4.69, 9.17) is 0 Å². The highest BCUT2D eigenvalue weighted by Crippen LogP contribution is 2.23. The van der Waals surface area contributed by atoms with Gasteiger partial charge >= 0.3 is 0 Å². The molecule has 0 amide bonds. The molecule has 1 aromatic heterocycles. The minimum atomic E-state index is 0.863. The van der Waals surface area contributed by atoms with Crippen LogP contribution in [-0.4, -0.2) is 4.98 Å². The van der Waals surface area contributed by atoms with Crippen molar-refractivity contribution in [3.05, 3.63) is 44.9 Å². The molecule has 0 saturated heterocycles. The molecule has 0 bridgehead atoms. The van der Waals surface area contributed by atoms with E-state index in [1.165, 1.54) is 32.3 Å². The predicted octanol–water partition coefficient (Wildman–Crippen LogP) is 4.24. The third-order valence-electron chi connectivity index (χ3n) is 3.02. The first-order valence-corrected chi connectivity index (χ1v) is 7.17. The summed E-state index contributed by atoms with van der Waals surface area (Å²) in [6, 6.07) is 4.44. The molecule has 0 spiro atoms. The molecular formula is C15H20N2S. The quantitative estimate of drug-likeness (QED) is 0.889. The summed E-state index contributed by atoms with van der Waals surface area (Å²) < 4.78 is 0. The Bertz CT molecular complexity index is 520. The number of thiazole rings is 1. The molecule has 2 nitrogen and oxygen atoms in total. The van der Waals surface area contributed by atoms with Crippen molar-refractivity contribution in [2.45, 2.75) is 40.7 Å². The number of aryl methyl sites for hydroxylation is 4. The van der Waals surface area contributed by atoms with E-state index in [0.29, 0.717) is 0 Å². The zero-order valence-electron chi connectivity index (χ0n) is 11.5. The van der Waals surface area contributed by atoms with Crippen molar-refractivity contribution in [3.63, 3.8) is 0 Å². The van der Waals surface area contributed by atoms with E-state index in [2.05, 4.69) is 50.1 Å².